The molecule has 1 unspecified atom stereocenters. The van der Waals surface area contributed by atoms with Crippen LogP contribution in [-0.4, -0.2) is 38.5 Å². The van der Waals surface area contributed by atoms with Gasteiger partial charge in [0.05, 0.1) is 29.2 Å². The molecule has 0 saturated carbocycles. The molecule has 2 aromatic heterocycles. The van der Waals surface area contributed by atoms with Gasteiger partial charge in [-0.05, 0) is 20.8 Å². The van der Waals surface area contributed by atoms with Gasteiger partial charge in [-0.15, -0.1) is 0 Å². The van der Waals surface area contributed by atoms with Gasteiger partial charge < -0.3 is 10.1 Å². The normalized spacial score (nSPS) is 12.8. The smallest absolute Gasteiger partial charge is 0.436 e. The lowest BCUT2D eigenvalue weighted by molar-refractivity contribution is -0.141. The molecular formula is C15H17ClF3N5O3. The van der Waals surface area contributed by atoms with E-state index in [1.54, 1.807) is 6.92 Å². The third kappa shape index (κ3) is 3.77. The second-order valence-electron chi connectivity index (χ2n) is 5.78. The molecule has 2 heterocycles. The Labute approximate surface area is 157 Å². The summed E-state index contributed by atoms with van der Waals surface area (Å²) < 4.78 is 45.7. The zero-order valence-electron chi connectivity index (χ0n) is 15.1. The molecule has 0 aliphatic rings. The van der Waals surface area contributed by atoms with Gasteiger partial charge in [0.15, 0.2) is 11.4 Å². The highest BCUT2D eigenvalue weighted by Gasteiger charge is 2.39. The number of carbonyl (C=O) groups is 2. The van der Waals surface area contributed by atoms with Crippen LogP contribution in [0.3, 0.4) is 0 Å². The van der Waals surface area contributed by atoms with Gasteiger partial charge in [0.1, 0.15) is 6.04 Å². The van der Waals surface area contributed by atoms with E-state index in [0.29, 0.717) is 5.69 Å². The van der Waals surface area contributed by atoms with Gasteiger partial charge >= 0.3 is 12.1 Å². The highest BCUT2D eigenvalue weighted by atomic mass is 35.5. The van der Waals surface area contributed by atoms with E-state index in [0.717, 1.165) is 4.68 Å². The van der Waals surface area contributed by atoms with Crippen molar-refractivity contribution in [1.29, 1.82) is 0 Å². The Bertz CT molecular complexity index is 904. The molecule has 2 rings (SSSR count). The van der Waals surface area contributed by atoms with Crippen LogP contribution in [0.15, 0.2) is 0 Å². The summed E-state index contributed by atoms with van der Waals surface area (Å²) in [5.41, 5.74) is -0.837. The molecule has 1 amide bonds. The van der Waals surface area contributed by atoms with Gasteiger partial charge in [0.25, 0.3) is 0 Å². The second kappa shape index (κ2) is 7.22. The molecule has 12 heteroatoms. The molecule has 27 heavy (non-hydrogen) atoms. The number of nitrogens with one attached hydrogen (secondary N) is 1. The molecule has 2 aromatic rings. The summed E-state index contributed by atoms with van der Waals surface area (Å²) in [7, 11) is 2.66. The Hall–Kier alpha value is -2.56. The van der Waals surface area contributed by atoms with Crippen molar-refractivity contribution >= 4 is 29.2 Å². The number of esters is 1. The standard InChI is InChI=1S/C15H17ClF3N5O3/c1-6-10(11(14(26)27-5)23(4)21-6)20-13(25)8(3)24-7(2)9(16)12(22-24)15(17,18)19/h8H,1-5H3,(H,20,25). The van der Waals surface area contributed by atoms with Crippen LogP contribution in [0.5, 0.6) is 0 Å². The highest BCUT2D eigenvalue weighted by molar-refractivity contribution is 6.32. The van der Waals surface area contributed by atoms with Crippen molar-refractivity contribution in [3.05, 3.63) is 27.8 Å². The summed E-state index contributed by atoms with van der Waals surface area (Å²) in [6, 6.07) is -1.14. The Morgan fingerprint density at radius 1 is 1.26 bits per heavy atom. The zero-order valence-corrected chi connectivity index (χ0v) is 15.9. The number of hydrogen-bond acceptors (Lipinski definition) is 5. The molecule has 8 nitrogen and oxygen atoms in total. The van der Waals surface area contributed by atoms with Crippen molar-refractivity contribution in [2.45, 2.75) is 33.0 Å². The minimum atomic E-state index is -4.75. The van der Waals surface area contributed by atoms with Crippen molar-refractivity contribution in [1.82, 2.24) is 19.6 Å². The lowest BCUT2D eigenvalue weighted by Gasteiger charge is -2.15. The molecule has 0 spiro atoms. The lowest BCUT2D eigenvalue weighted by atomic mass is 10.2. The van der Waals surface area contributed by atoms with E-state index >= 15 is 0 Å². The van der Waals surface area contributed by atoms with Crippen molar-refractivity contribution in [3.63, 3.8) is 0 Å². The first kappa shape index (κ1) is 20.7. The fourth-order valence-corrected chi connectivity index (χ4v) is 2.77. The average Bonchev–Trinajstić information content (AvgIpc) is 3.02. The van der Waals surface area contributed by atoms with Crippen molar-refractivity contribution in [3.8, 4) is 0 Å². The molecule has 0 fully saturated rings. The number of hydrogen-bond donors (Lipinski definition) is 1. The predicted molar refractivity (Wildman–Crippen MR) is 89.6 cm³/mol. The van der Waals surface area contributed by atoms with E-state index in [4.69, 9.17) is 11.6 Å². The predicted octanol–water partition coefficient (Wildman–Crippen LogP) is 2.89. The van der Waals surface area contributed by atoms with E-state index in [1.165, 1.54) is 32.7 Å². The number of carbonyl (C=O) groups excluding carboxylic acids is 2. The molecule has 1 N–H and O–H groups in total. The number of rotatable bonds is 4. The Kier molecular flexibility index (Phi) is 5.55. The molecular weight excluding hydrogens is 391 g/mol. The number of nitrogens with zero attached hydrogens (tertiary/aromatic N) is 4. The average molecular weight is 408 g/mol. The quantitative estimate of drug-likeness (QED) is 0.787. The van der Waals surface area contributed by atoms with Crippen LogP contribution in [0.2, 0.25) is 5.02 Å². The van der Waals surface area contributed by atoms with Gasteiger partial charge in [0, 0.05) is 7.05 Å². The van der Waals surface area contributed by atoms with E-state index in [9.17, 15) is 22.8 Å². The molecule has 0 bridgehead atoms. The van der Waals surface area contributed by atoms with Crippen LogP contribution in [0.25, 0.3) is 0 Å². The number of aromatic nitrogens is 4. The summed E-state index contributed by atoms with van der Waals surface area (Å²) in [5, 5.41) is 9.40. The van der Waals surface area contributed by atoms with Crippen molar-refractivity contribution in [2.75, 3.05) is 12.4 Å². The van der Waals surface area contributed by atoms with Gasteiger partial charge in [-0.1, -0.05) is 11.6 Å². The topological polar surface area (TPSA) is 91.0 Å². The van der Waals surface area contributed by atoms with Gasteiger partial charge in [-0.25, -0.2) is 4.79 Å². The number of amides is 1. The monoisotopic (exact) mass is 407 g/mol. The number of alkyl halides is 3. The number of anilines is 1. The van der Waals surface area contributed by atoms with Crippen molar-refractivity contribution in [2.24, 2.45) is 7.05 Å². The molecule has 0 saturated heterocycles. The Morgan fingerprint density at radius 3 is 2.33 bits per heavy atom. The van der Waals surface area contributed by atoms with E-state index in [-0.39, 0.29) is 17.1 Å². The fraction of sp³-hybridized carbons (Fsp3) is 0.467. The van der Waals surface area contributed by atoms with Crippen LogP contribution in [0.4, 0.5) is 18.9 Å². The number of halogens is 4. The first-order chi connectivity index (χ1) is 12.4. The minimum absolute atomic E-state index is 0.00162. The number of methoxy groups -OCH3 is 1. The molecule has 0 radical (unpaired) electrons. The summed E-state index contributed by atoms with van der Waals surface area (Å²) in [5.74, 6) is -1.43. The third-order valence-electron chi connectivity index (χ3n) is 3.94. The van der Waals surface area contributed by atoms with Crippen LogP contribution < -0.4 is 5.32 Å². The summed E-state index contributed by atoms with van der Waals surface area (Å²) in [4.78, 5) is 24.5. The SMILES string of the molecule is COC(=O)c1c(NC(=O)C(C)n2nc(C(F)(F)F)c(Cl)c2C)c(C)nn1C. The van der Waals surface area contributed by atoms with E-state index < -0.39 is 34.8 Å². The van der Waals surface area contributed by atoms with Crippen LogP contribution >= 0.6 is 11.6 Å². The van der Waals surface area contributed by atoms with Crippen LogP contribution in [0, 0.1) is 13.8 Å². The molecule has 0 aromatic carbocycles. The maximum atomic E-state index is 13.0. The third-order valence-corrected chi connectivity index (χ3v) is 4.39. The van der Waals surface area contributed by atoms with Gasteiger partial charge in [-0.3, -0.25) is 14.2 Å². The summed E-state index contributed by atoms with van der Waals surface area (Å²) >= 11 is 5.71. The fourth-order valence-electron chi connectivity index (χ4n) is 2.53. The zero-order chi connectivity index (χ0) is 20.7. The van der Waals surface area contributed by atoms with Gasteiger partial charge in [0.2, 0.25) is 5.91 Å². The van der Waals surface area contributed by atoms with Crippen LogP contribution in [-0.2, 0) is 22.8 Å². The number of aryl methyl sites for hydroxylation is 2. The molecule has 0 aliphatic carbocycles. The molecule has 0 aliphatic heterocycles. The summed E-state index contributed by atoms with van der Waals surface area (Å²) in [6.45, 7) is 4.24. The maximum Gasteiger partial charge on any atom is 0.436 e. The first-order valence-electron chi connectivity index (χ1n) is 7.64. The van der Waals surface area contributed by atoms with Crippen LogP contribution in [0.1, 0.15) is 40.5 Å². The molecule has 148 valence electrons. The van der Waals surface area contributed by atoms with E-state index in [2.05, 4.69) is 20.3 Å². The van der Waals surface area contributed by atoms with Crippen molar-refractivity contribution < 1.29 is 27.5 Å². The summed E-state index contributed by atoms with van der Waals surface area (Å²) in [6.07, 6.45) is -4.75. The van der Waals surface area contributed by atoms with E-state index in [1.807, 2.05) is 0 Å². The lowest BCUT2D eigenvalue weighted by Crippen LogP contribution is -2.26. The Morgan fingerprint density at radius 2 is 1.85 bits per heavy atom. The minimum Gasteiger partial charge on any atom is -0.464 e. The highest BCUT2D eigenvalue weighted by Crippen LogP contribution is 2.36. The maximum absolute atomic E-state index is 13.0. The first-order valence-corrected chi connectivity index (χ1v) is 8.02. The molecule has 1 atom stereocenters. The Balaban J connectivity index is 2.37. The second-order valence-corrected chi connectivity index (χ2v) is 6.16. The number of ether oxygens (including phenoxy) is 1. The van der Waals surface area contributed by atoms with Gasteiger partial charge in [-0.2, -0.15) is 23.4 Å². The largest absolute Gasteiger partial charge is 0.464 e.